The number of hydrogen-bond acceptors (Lipinski definition) is 4. The van der Waals surface area contributed by atoms with Crippen LogP contribution in [0.4, 0.5) is 0 Å². The summed E-state index contributed by atoms with van der Waals surface area (Å²) in [7, 11) is 0. The van der Waals surface area contributed by atoms with Crippen molar-refractivity contribution in [2.45, 2.75) is 31.9 Å². The number of aliphatic carboxylic acids is 1. The van der Waals surface area contributed by atoms with E-state index in [4.69, 9.17) is 28.3 Å². The summed E-state index contributed by atoms with van der Waals surface area (Å²) in [4.78, 5) is 24.4. The number of benzene rings is 1. The minimum absolute atomic E-state index is 0.104. The van der Waals surface area contributed by atoms with Crippen molar-refractivity contribution >= 4 is 35.1 Å². The number of halogens is 2. The zero-order valence-corrected chi connectivity index (χ0v) is 15.2. The minimum atomic E-state index is -1.01. The third kappa shape index (κ3) is 5.63. The Morgan fingerprint density at radius 3 is 2.72 bits per heavy atom. The number of rotatable bonds is 7. The van der Waals surface area contributed by atoms with Crippen molar-refractivity contribution in [3.8, 4) is 0 Å². The molecule has 0 saturated heterocycles. The first-order valence-corrected chi connectivity index (χ1v) is 8.62. The van der Waals surface area contributed by atoms with Gasteiger partial charge >= 0.3 is 5.97 Å². The van der Waals surface area contributed by atoms with E-state index in [1.54, 1.807) is 12.1 Å². The predicted octanol–water partition coefficient (Wildman–Crippen LogP) is 2.08. The number of aliphatic hydroxyl groups is 1. The van der Waals surface area contributed by atoms with Crippen LogP contribution in [-0.2, 0) is 16.0 Å². The molecule has 1 heterocycles. The number of amides is 1. The number of nitrogens with one attached hydrogen (secondary N) is 1. The number of aryl methyl sites for hydroxylation is 1. The lowest BCUT2D eigenvalue weighted by atomic mass is 10.1. The van der Waals surface area contributed by atoms with Gasteiger partial charge in [-0.3, -0.25) is 9.59 Å². The van der Waals surface area contributed by atoms with Crippen LogP contribution in [0.15, 0.2) is 30.0 Å². The Hall–Kier alpha value is -1.76. The average molecular weight is 387 g/mol. The summed E-state index contributed by atoms with van der Waals surface area (Å²) in [5, 5.41) is 22.5. The highest BCUT2D eigenvalue weighted by atomic mass is 35.5. The fourth-order valence-electron chi connectivity index (χ4n) is 2.61. The molecule has 0 fully saturated rings. The molecule has 1 aromatic carbocycles. The topological polar surface area (TPSA) is 89.9 Å². The Labute approximate surface area is 156 Å². The first-order valence-electron chi connectivity index (χ1n) is 7.86. The highest BCUT2D eigenvalue weighted by molar-refractivity contribution is 6.42. The van der Waals surface area contributed by atoms with Crippen LogP contribution < -0.4 is 5.32 Å². The van der Waals surface area contributed by atoms with Crippen molar-refractivity contribution in [2.24, 2.45) is 0 Å². The lowest BCUT2D eigenvalue weighted by molar-refractivity contribution is -0.137. The second-order valence-corrected chi connectivity index (χ2v) is 6.90. The molecule has 1 aromatic rings. The molecule has 6 nitrogen and oxygen atoms in total. The van der Waals surface area contributed by atoms with Gasteiger partial charge in [-0.25, -0.2) is 0 Å². The lowest BCUT2D eigenvalue weighted by Gasteiger charge is -2.15. The van der Waals surface area contributed by atoms with Gasteiger partial charge in [-0.05, 0) is 37.5 Å². The summed E-state index contributed by atoms with van der Waals surface area (Å²) >= 11 is 11.9. The van der Waals surface area contributed by atoms with Gasteiger partial charge in [0, 0.05) is 18.8 Å². The molecule has 2 atom stereocenters. The van der Waals surface area contributed by atoms with Crippen LogP contribution in [0.3, 0.4) is 0 Å². The number of aliphatic hydroxyl groups excluding tert-OH is 1. The van der Waals surface area contributed by atoms with Crippen LogP contribution in [0, 0.1) is 0 Å². The Morgan fingerprint density at radius 1 is 1.36 bits per heavy atom. The Kier molecular flexibility index (Phi) is 6.70. The van der Waals surface area contributed by atoms with Gasteiger partial charge in [0.15, 0.2) is 0 Å². The van der Waals surface area contributed by atoms with Gasteiger partial charge in [0.05, 0.1) is 15.6 Å². The van der Waals surface area contributed by atoms with Gasteiger partial charge in [0.2, 0.25) is 0 Å². The number of nitrogens with zero attached hydrogens (tertiary/aromatic N) is 1. The molecular formula is C17H20Cl2N2O4. The zero-order chi connectivity index (χ0) is 18.6. The smallest absolute Gasteiger partial charge is 0.323 e. The normalized spacial score (nSPS) is 18.0. The Morgan fingerprint density at radius 2 is 2.08 bits per heavy atom. The van der Waals surface area contributed by atoms with Crippen LogP contribution >= 0.6 is 23.2 Å². The van der Waals surface area contributed by atoms with E-state index < -0.39 is 12.1 Å². The van der Waals surface area contributed by atoms with Gasteiger partial charge < -0.3 is 20.4 Å². The van der Waals surface area contributed by atoms with E-state index in [-0.39, 0.29) is 30.6 Å². The summed E-state index contributed by atoms with van der Waals surface area (Å²) < 4.78 is 0. The number of carboxylic acid groups (broad SMARTS) is 1. The van der Waals surface area contributed by atoms with E-state index in [2.05, 4.69) is 5.32 Å². The monoisotopic (exact) mass is 386 g/mol. The predicted molar refractivity (Wildman–Crippen MR) is 95.7 cm³/mol. The van der Waals surface area contributed by atoms with Crippen molar-refractivity contribution in [1.82, 2.24) is 10.2 Å². The molecule has 1 amide bonds. The molecular weight excluding hydrogens is 367 g/mol. The largest absolute Gasteiger partial charge is 0.480 e. The molecule has 0 radical (unpaired) electrons. The SMILES string of the molecule is CC(CCc1ccc(Cl)c(Cl)c1)NC(=O)C1=CN(CC(=O)O)CC1O. The molecule has 0 bridgehead atoms. The van der Waals surface area contributed by atoms with E-state index in [1.165, 1.54) is 11.1 Å². The molecule has 0 aliphatic carbocycles. The van der Waals surface area contributed by atoms with Crippen molar-refractivity contribution in [1.29, 1.82) is 0 Å². The molecule has 1 aliphatic rings. The first kappa shape index (κ1) is 19.6. The zero-order valence-electron chi connectivity index (χ0n) is 13.7. The van der Waals surface area contributed by atoms with E-state index in [0.717, 1.165) is 5.56 Å². The molecule has 0 saturated carbocycles. The maximum atomic E-state index is 12.3. The molecule has 1 aliphatic heterocycles. The van der Waals surface area contributed by atoms with Gasteiger partial charge in [0.25, 0.3) is 5.91 Å². The van der Waals surface area contributed by atoms with E-state index >= 15 is 0 Å². The summed E-state index contributed by atoms with van der Waals surface area (Å²) in [5.74, 6) is -1.40. The van der Waals surface area contributed by atoms with Crippen molar-refractivity contribution < 1.29 is 19.8 Å². The third-order valence-corrected chi connectivity index (χ3v) is 4.66. The highest BCUT2D eigenvalue weighted by Crippen LogP contribution is 2.23. The number of carbonyl (C=O) groups is 2. The lowest BCUT2D eigenvalue weighted by Crippen LogP contribution is -2.36. The third-order valence-electron chi connectivity index (χ3n) is 3.92. The molecule has 2 rings (SSSR count). The van der Waals surface area contributed by atoms with Crippen LogP contribution in [-0.4, -0.2) is 52.2 Å². The first-order chi connectivity index (χ1) is 11.8. The molecule has 25 heavy (non-hydrogen) atoms. The molecule has 0 aromatic heterocycles. The number of hydrogen-bond donors (Lipinski definition) is 3. The van der Waals surface area contributed by atoms with Crippen LogP contribution in [0.2, 0.25) is 10.0 Å². The quantitative estimate of drug-likeness (QED) is 0.667. The summed E-state index contributed by atoms with van der Waals surface area (Å²) in [6, 6.07) is 5.30. The molecule has 8 heteroatoms. The molecule has 136 valence electrons. The van der Waals surface area contributed by atoms with Gasteiger partial charge in [0.1, 0.15) is 12.6 Å². The fraction of sp³-hybridized carbons (Fsp3) is 0.412. The summed E-state index contributed by atoms with van der Waals surface area (Å²) in [6.07, 6.45) is 1.82. The molecule has 0 spiro atoms. The van der Waals surface area contributed by atoms with E-state index in [0.29, 0.717) is 22.9 Å². The van der Waals surface area contributed by atoms with Gasteiger partial charge in [-0.1, -0.05) is 29.3 Å². The van der Waals surface area contributed by atoms with E-state index in [9.17, 15) is 14.7 Å². The van der Waals surface area contributed by atoms with Crippen LogP contribution in [0.1, 0.15) is 18.9 Å². The van der Waals surface area contributed by atoms with Crippen LogP contribution in [0.5, 0.6) is 0 Å². The second-order valence-electron chi connectivity index (χ2n) is 6.09. The Bertz CT molecular complexity index is 693. The summed E-state index contributed by atoms with van der Waals surface area (Å²) in [5.41, 5.74) is 1.20. The standard InChI is InChI=1S/C17H20Cl2N2O4/c1-10(2-3-11-4-5-13(18)14(19)6-11)20-17(25)12-7-21(8-15(12)22)9-16(23)24/h4-7,10,15,22H,2-3,8-9H2,1H3,(H,20,25)(H,23,24). The molecule has 3 N–H and O–H groups in total. The summed E-state index contributed by atoms with van der Waals surface area (Å²) in [6.45, 7) is 1.72. The second kappa shape index (κ2) is 8.56. The fourth-order valence-corrected chi connectivity index (χ4v) is 2.93. The maximum Gasteiger partial charge on any atom is 0.323 e. The maximum absolute atomic E-state index is 12.3. The van der Waals surface area contributed by atoms with E-state index in [1.807, 2.05) is 13.0 Å². The van der Waals surface area contributed by atoms with Gasteiger partial charge in [-0.15, -0.1) is 0 Å². The average Bonchev–Trinajstić information content (AvgIpc) is 2.88. The minimum Gasteiger partial charge on any atom is -0.480 e. The van der Waals surface area contributed by atoms with Crippen molar-refractivity contribution in [2.75, 3.05) is 13.1 Å². The van der Waals surface area contributed by atoms with Gasteiger partial charge in [-0.2, -0.15) is 0 Å². The van der Waals surface area contributed by atoms with Crippen molar-refractivity contribution in [3.05, 3.63) is 45.6 Å². The highest BCUT2D eigenvalue weighted by Gasteiger charge is 2.28. The number of carboxylic acids is 1. The molecule has 2 unspecified atom stereocenters. The number of β-amino-alcohol motifs (C(OH)–C–C–N with tert-alkyl or cyclic N) is 1. The number of carbonyl (C=O) groups excluding carboxylic acids is 1. The Balaban J connectivity index is 1.87. The van der Waals surface area contributed by atoms with Crippen molar-refractivity contribution in [3.63, 3.8) is 0 Å². The van der Waals surface area contributed by atoms with Crippen LogP contribution in [0.25, 0.3) is 0 Å².